The fraction of sp³-hybridized carbons (Fsp3) is 0.407. The van der Waals surface area contributed by atoms with E-state index in [-0.39, 0.29) is 5.91 Å². The molecule has 1 amide bonds. The SMILES string of the molecule is CN(Cc1ccc(CN2CCCC2)cc1)C(=O)c1coc(CNC2CC2)n1.Sc1c(Cl)cc(Cl)cc1Cl. The maximum absolute atomic E-state index is 12.6. The average molecular weight is 582 g/mol. The molecule has 6 nitrogen and oxygen atoms in total. The van der Waals surface area contributed by atoms with Crippen molar-refractivity contribution in [3.8, 4) is 0 Å². The first-order chi connectivity index (χ1) is 17.8. The van der Waals surface area contributed by atoms with Crippen molar-refractivity contribution in [3.63, 3.8) is 0 Å². The first-order valence-corrected chi connectivity index (χ1v) is 13.9. The first kappa shape index (κ1) is 28.3. The molecule has 0 spiro atoms. The number of carbonyl (C=O) groups is 1. The lowest BCUT2D eigenvalue weighted by atomic mass is 10.1. The Morgan fingerprint density at radius 1 is 1.11 bits per heavy atom. The predicted octanol–water partition coefficient (Wildman–Crippen LogP) is 6.73. The number of halogens is 3. The van der Waals surface area contributed by atoms with E-state index in [1.165, 1.54) is 50.6 Å². The second kappa shape index (κ2) is 13.4. The topological polar surface area (TPSA) is 61.6 Å². The van der Waals surface area contributed by atoms with Gasteiger partial charge in [-0.05, 0) is 62.0 Å². The number of oxazole rings is 1. The minimum Gasteiger partial charge on any atom is -0.447 e. The molecule has 198 valence electrons. The molecular weight excluding hydrogens is 551 g/mol. The van der Waals surface area contributed by atoms with Crippen LogP contribution in [0.2, 0.25) is 15.1 Å². The van der Waals surface area contributed by atoms with Crippen molar-refractivity contribution < 1.29 is 9.21 Å². The van der Waals surface area contributed by atoms with Crippen molar-refractivity contribution in [2.24, 2.45) is 0 Å². The predicted molar refractivity (Wildman–Crippen MR) is 152 cm³/mol. The Balaban J connectivity index is 0.000000270. The molecule has 0 unspecified atom stereocenters. The van der Waals surface area contributed by atoms with E-state index in [9.17, 15) is 4.79 Å². The van der Waals surface area contributed by atoms with E-state index >= 15 is 0 Å². The number of benzene rings is 2. The maximum Gasteiger partial charge on any atom is 0.275 e. The van der Waals surface area contributed by atoms with E-state index < -0.39 is 0 Å². The van der Waals surface area contributed by atoms with Gasteiger partial charge in [-0.3, -0.25) is 9.69 Å². The number of thiol groups is 1. The van der Waals surface area contributed by atoms with Crippen LogP contribution in [0.1, 0.15) is 53.2 Å². The van der Waals surface area contributed by atoms with E-state index in [4.69, 9.17) is 39.2 Å². The lowest BCUT2D eigenvalue weighted by Crippen LogP contribution is -2.26. The molecular formula is C27H31Cl3N4O2S. The van der Waals surface area contributed by atoms with Crippen LogP contribution in [0.4, 0.5) is 0 Å². The van der Waals surface area contributed by atoms with Crippen LogP contribution in [-0.2, 0) is 19.6 Å². The summed E-state index contributed by atoms with van der Waals surface area (Å²) in [5.41, 5.74) is 2.82. The number of hydrogen-bond donors (Lipinski definition) is 2. The van der Waals surface area contributed by atoms with Gasteiger partial charge in [0.2, 0.25) is 5.89 Å². The number of nitrogens with zero attached hydrogens (tertiary/aromatic N) is 3. The van der Waals surface area contributed by atoms with Crippen molar-refractivity contribution in [1.82, 2.24) is 20.1 Å². The number of nitrogens with one attached hydrogen (secondary N) is 1. The van der Waals surface area contributed by atoms with Crippen LogP contribution < -0.4 is 5.32 Å². The number of hydrogen-bond acceptors (Lipinski definition) is 6. The molecule has 2 aromatic carbocycles. The van der Waals surface area contributed by atoms with Gasteiger partial charge in [0.25, 0.3) is 5.91 Å². The molecule has 1 aromatic heterocycles. The fourth-order valence-electron chi connectivity index (χ4n) is 4.03. The Bertz CT molecular complexity index is 1170. The van der Waals surface area contributed by atoms with Gasteiger partial charge in [-0.15, -0.1) is 12.6 Å². The molecule has 2 fully saturated rings. The fourth-order valence-corrected chi connectivity index (χ4v) is 4.98. The molecule has 5 rings (SSSR count). The van der Waals surface area contributed by atoms with Crippen molar-refractivity contribution in [3.05, 3.63) is 80.4 Å². The molecule has 1 saturated heterocycles. The molecule has 3 aromatic rings. The van der Waals surface area contributed by atoms with Gasteiger partial charge in [-0.1, -0.05) is 59.1 Å². The van der Waals surface area contributed by atoms with Crippen molar-refractivity contribution in [2.75, 3.05) is 20.1 Å². The molecule has 1 aliphatic heterocycles. The molecule has 0 bridgehead atoms. The summed E-state index contributed by atoms with van der Waals surface area (Å²) in [6, 6.07) is 12.3. The van der Waals surface area contributed by atoms with Crippen molar-refractivity contribution >= 4 is 53.3 Å². The third kappa shape index (κ3) is 8.63. The van der Waals surface area contributed by atoms with Gasteiger partial charge in [-0.2, -0.15) is 0 Å². The third-order valence-corrected chi connectivity index (χ3v) is 7.83. The van der Waals surface area contributed by atoms with Crippen LogP contribution in [0.15, 0.2) is 52.0 Å². The summed E-state index contributed by atoms with van der Waals surface area (Å²) in [5, 5.41) is 4.81. The van der Waals surface area contributed by atoms with Gasteiger partial charge in [0.1, 0.15) is 6.26 Å². The Morgan fingerprint density at radius 2 is 1.73 bits per heavy atom. The lowest BCUT2D eigenvalue weighted by molar-refractivity contribution is 0.0779. The van der Waals surface area contributed by atoms with Crippen LogP contribution in [0.25, 0.3) is 0 Å². The molecule has 2 heterocycles. The summed E-state index contributed by atoms with van der Waals surface area (Å²) < 4.78 is 5.42. The molecule has 1 N–H and O–H groups in total. The van der Waals surface area contributed by atoms with Crippen molar-refractivity contribution in [2.45, 2.75) is 56.3 Å². The largest absolute Gasteiger partial charge is 0.447 e. The molecule has 1 aliphatic carbocycles. The third-order valence-electron chi connectivity index (χ3n) is 6.27. The molecule has 2 aliphatic rings. The van der Waals surface area contributed by atoms with Gasteiger partial charge < -0.3 is 14.6 Å². The molecule has 0 atom stereocenters. The number of aromatic nitrogens is 1. The quantitative estimate of drug-likeness (QED) is 0.289. The normalized spacial score (nSPS) is 15.4. The van der Waals surface area contributed by atoms with E-state index in [0.717, 1.165) is 12.1 Å². The highest BCUT2D eigenvalue weighted by Gasteiger charge is 2.22. The van der Waals surface area contributed by atoms with Crippen LogP contribution in [0, 0.1) is 0 Å². The van der Waals surface area contributed by atoms with E-state index in [2.05, 4.69) is 52.1 Å². The molecule has 1 saturated carbocycles. The second-order valence-corrected chi connectivity index (χ2v) is 11.2. The molecule has 10 heteroatoms. The summed E-state index contributed by atoms with van der Waals surface area (Å²) in [4.78, 5) is 21.6. The van der Waals surface area contributed by atoms with Gasteiger partial charge in [-0.25, -0.2) is 4.98 Å². The zero-order valence-corrected chi connectivity index (χ0v) is 23.9. The smallest absolute Gasteiger partial charge is 0.275 e. The highest BCUT2D eigenvalue weighted by Crippen LogP contribution is 2.31. The number of rotatable bonds is 8. The number of likely N-dealkylation sites (tertiary alicyclic amines) is 1. The van der Waals surface area contributed by atoms with Crippen LogP contribution in [-0.4, -0.2) is 46.9 Å². The van der Waals surface area contributed by atoms with E-state index in [1.807, 2.05) is 0 Å². The Morgan fingerprint density at radius 3 is 2.35 bits per heavy atom. The van der Waals surface area contributed by atoms with Crippen LogP contribution >= 0.6 is 47.4 Å². The van der Waals surface area contributed by atoms with Crippen molar-refractivity contribution in [1.29, 1.82) is 0 Å². The second-order valence-electron chi connectivity index (χ2n) is 9.46. The summed E-state index contributed by atoms with van der Waals surface area (Å²) in [6.45, 7) is 4.57. The number of carbonyl (C=O) groups excluding carboxylic acids is 1. The lowest BCUT2D eigenvalue weighted by Gasteiger charge is -2.17. The van der Waals surface area contributed by atoms with Crippen LogP contribution in [0.3, 0.4) is 0 Å². The summed E-state index contributed by atoms with van der Waals surface area (Å²) in [7, 11) is 1.80. The highest BCUT2D eigenvalue weighted by molar-refractivity contribution is 7.80. The molecule has 0 radical (unpaired) electrons. The Hall–Kier alpha value is -1.74. The van der Waals surface area contributed by atoms with E-state index in [0.29, 0.717) is 50.7 Å². The highest BCUT2D eigenvalue weighted by atomic mass is 35.5. The summed E-state index contributed by atoms with van der Waals surface area (Å²) in [6.07, 6.45) is 6.51. The monoisotopic (exact) mass is 580 g/mol. The van der Waals surface area contributed by atoms with Gasteiger partial charge in [0.05, 0.1) is 16.6 Å². The average Bonchev–Trinajstić information content (AvgIpc) is 3.34. The standard InChI is InChI=1S/C21H28N4O2.C6H3Cl3S/c1-24(21(26)19-15-27-20(23-19)12-22-18-8-9-18)13-16-4-6-17(7-5-16)14-25-10-2-3-11-25;7-3-1-4(8)6(10)5(9)2-3/h4-7,15,18,22H,2-3,8-14H2,1H3;1-2,10H. The zero-order chi connectivity index (χ0) is 26.4. The minimum absolute atomic E-state index is 0.113. The van der Waals surface area contributed by atoms with Gasteiger partial charge in [0.15, 0.2) is 5.69 Å². The Kier molecular flexibility index (Phi) is 10.2. The van der Waals surface area contributed by atoms with E-state index in [1.54, 1.807) is 24.1 Å². The summed E-state index contributed by atoms with van der Waals surface area (Å²) in [5.74, 6) is 0.461. The minimum atomic E-state index is -0.113. The Labute approximate surface area is 238 Å². The summed E-state index contributed by atoms with van der Waals surface area (Å²) >= 11 is 21.0. The van der Waals surface area contributed by atoms with Gasteiger partial charge >= 0.3 is 0 Å². The van der Waals surface area contributed by atoms with Gasteiger partial charge in [0, 0.05) is 36.1 Å². The molecule has 37 heavy (non-hydrogen) atoms. The van der Waals surface area contributed by atoms with Crippen LogP contribution in [0.5, 0.6) is 0 Å². The first-order valence-electron chi connectivity index (χ1n) is 12.4. The number of amides is 1. The maximum atomic E-state index is 12.6. The zero-order valence-electron chi connectivity index (χ0n) is 20.7.